The molecule has 1 saturated heterocycles. The Morgan fingerprint density at radius 3 is 2.76 bits per heavy atom. The van der Waals surface area contributed by atoms with Crippen LogP contribution in [0.5, 0.6) is 0 Å². The number of aromatic nitrogens is 3. The molecule has 1 aliphatic rings. The quantitative estimate of drug-likeness (QED) is 0.190. The predicted molar refractivity (Wildman–Crippen MR) is 143 cm³/mol. The summed E-state index contributed by atoms with van der Waals surface area (Å²) >= 11 is 0. The Morgan fingerprint density at radius 2 is 2.03 bits per heavy atom. The van der Waals surface area contributed by atoms with E-state index in [9.17, 15) is 13.2 Å². The van der Waals surface area contributed by atoms with Crippen LogP contribution >= 0.6 is 0 Å². The van der Waals surface area contributed by atoms with Crippen molar-refractivity contribution in [1.82, 2.24) is 14.8 Å². The van der Waals surface area contributed by atoms with Gasteiger partial charge in [0.25, 0.3) is 0 Å². The van der Waals surface area contributed by atoms with Crippen LogP contribution in [-0.2, 0) is 27.1 Å². The molecular formula is C27H33F3N4O3Si. The van der Waals surface area contributed by atoms with Gasteiger partial charge in [0.1, 0.15) is 24.8 Å². The van der Waals surface area contributed by atoms with E-state index in [4.69, 9.17) is 14.2 Å². The molecule has 38 heavy (non-hydrogen) atoms. The summed E-state index contributed by atoms with van der Waals surface area (Å²) in [5.74, 6) is 5.76. The zero-order chi connectivity index (χ0) is 27.2. The van der Waals surface area contributed by atoms with E-state index in [-0.39, 0.29) is 18.7 Å². The van der Waals surface area contributed by atoms with Gasteiger partial charge in [-0.2, -0.15) is 18.3 Å². The topological polar surface area (TPSA) is 70.4 Å². The van der Waals surface area contributed by atoms with Crippen LogP contribution in [0.4, 0.5) is 24.7 Å². The molecule has 0 saturated carbocycles. The second kappa shape index (κ2) is 12.3. The summed E-state index contributed by atoms with van der Waals surface area (Å²) in [6.45, 7) is 8.67. The van der Waals surface area contributed by atoms with Crippen molar-refractivity contribution in [1.29, 1.82) is 0 Å². The first-order valence-electron chi connectivity index (χ1n) is 12.7. The van der Waals surface area contributed by atoms with E-state index in [0.717, 1.165) is 42.3 Å². The second-order valence-corrected chi connectivity index (χ2v) is 16.0. The number of pyridine rings is 1. The lowest BCUT2D eigenvalue weighted by atomic mass is 10.2. The summed E-state index contributed by atoms with van der Waals surface area (Å²) in [4.78, 5) is 3.82. The van der Waals surface area contributed by atoms with Crippen LogP contribution in [0.1, 0.15) is 30.5 Å². The molecule has 4 rings (SSSR count). The van der Waals surface area contributed by atoms with Crippen LogP contribution in [-0.4, -0.2) is 48.9 Å². The molecular weight excluding hydrogens is 513 g/mol. The van der Waals surface area contributed by atoms with E-state index >= 15 is 0 Å². The normalized spacial score (nSPS) is 16.3. The van der Waals surface area contributed by atoms with Crippen LogP contribution < -0.4 is 5.32 Å². The molecule has 0 radical (unpaired) electrons. The van der Waals surface area contributed by atoms with Crippen molar-refractivity contribution in [3.8, 4) is 11.8 Å². The van der Waals surface area contributed by atoms with E-state index < -0.39 is 19.9 Å². The fraction of sp³-hybridized carbons (Fsp3) is 0.481. The summed E-state index contributed by atoms with van der Waals surface area (Å²) in [6, 6.07) is 8.74. The molecule has 3 heterocycles. The fourth-order valence-electron chi connectivity index (χ4n) is 3.86. The molecule has 1 unspecified atom stereocenters. The van der Waals surface area contributed by atoms with Gasteiger partial charge < -0.3 is 19.5 Å². The van der Waals surface area contributed by atoms with Gasteiger partial charge in [0.05, 0.1) is 17.3 Å². The number of fused-ring (bicyclic) bond motifs is 1. The van der Waals surface area contributed by atoms with E-state index in [1.165, 1.54) is 6.07 Å². The van der Waals surface area contributed by atoms with Gasteiger partial charge in [0.2, 0.25) is 0 Å². The number of hydrogen-bond acceptors (Lipinski definition) is 6. The second-order valence-electron chi connectivity index (χ2n) is 10.4. The number of nitrogens with one attached hydrogen (secondary N) is 1. The van der Waals surface area contributed by atoms with Crippen molar-refractivity contribution in [2.45, 2.75) is 64.1 Å². The number of ether oxygens (including phenoxy) is 3. The van der Waals surface area contributed by atoms with Gasteiger partial charge in [0.15, 0.2) is 6.29 Å². The minimum absolute atomic E-state index is 0.0164. The Morgan fingerprint density at radius 1 is 1.18 bits per heavy atom. The number of nitrogens with zero attached hydrogens (tertiary/aromatic N) is 3. The molecule has 2 aromatic heterocycles. The molecule has 7 nitrogen and oxygen atoms in total. The number of hydrogen-bond donors (Lipinski definition) is 1. The zero-order valence-electron chi connectivity index (χ0n) is 21.9. The van der Waals surface area contributed by atoms with Gasteiger partial charge in [-0.25, -0.2) is 9.67 Å². The SMILES string of the molecule is C[Si](C)(C)CCOCn1ncc2cc(Nc3nc(C(F)(F)F)ccc3C#CCOC3CCCCO3)ccc21. The highest BCUT2D eigenvalue weighted by atomic mass is 28.3. The molecule has 0 bridgehead atoms. The van der Waals surface area contributed by atoms with Gasteiger partial charge >= 0.3 is 6.18 Å². The van der Waals surface area contributed by atoms with Crippen molar-refractivity contribution >= 4 is 30.5 Å². The smallest absolute Gasteiger partial charge is 0.360 e. The molecule has 11 heteroatoms. The number of rotatable bonds is 9. The van der Waals surface area contributed by atoms with Crippen LogP contribution in [0, 0.1) is 11.8 Å². The third-order valence-corrected chi connectivity index (χ3v) is 7.71. The maximum Gasteiger partial charge on any atom is 0.433 e. The van der Waals surface area contributed by atoms with E-state index in [0.29, 0.717) is 31.2 Å². The Balaban J connectivity index is 1.48. The maximum atomic E-state index is 13.4. The largest absolute Gasteiger partial charge is 0.433 e. The molecule has 1 aromatic carbocycles. The van der Waals surface area contributed by atoms with Gasteiger partial charge in [-0.15, -0.1) is 0 Å². The standard InChI is InChI=1S/C27H33F3N4O3Si/c1-38(2,3)16-15-35-19-34-23-11-10-22(17-21(23)18-31-34)32-26-20(9-12-24(33-26)27(28,29)30)7-6-14-37-25-8-4-5-13-36-25/h9-12,17-18,25H,4-5,8,13-16,19H2,1-3H3,(H,32,33). The number of alkyl halides is 3. The molecule has 0 aliphatic carbocycles. The fourth-order valence-corrected chi connectivity index (χ4v) is 4.61. The van der Waals surface area contributed by atoms with Crippen LogP contribution in [0.3, 0.4) is 0 Å². The lowest BCUT2D eigenvalue weighted by molar-refractivity contribution is -0.154. The van der Waals surface area contributed by atoms with E-state index in [1.54, 1.807) is 16.9 Å². The van der Waals surface area contributed by atoms with Gasteiger partial charge in [0, 0.05) is 32.4 Å². The first kappa shape index (κ1) is 28.1. The lowest BCUT2D eigenvalue weighted by Gasteiger charge is -2.21. The molecule has 1 aliphatic heterocycles. The molecule has 0 amide bonds. The molecule has 1 N–H and O–H groups in total. The van der Waals surface area contributed by atoms with Crippen LogP contribution in [0.15, 0.2) is 36.5 Å². The molecule has 0 spiro atoms. The molecule has 204 valence electrons. The Bertz CT molecular complexity index is 1290. The van der Waals surface area contributed by atoms with E-state index in [2.05, 4.69) is 46.9 Å². The van der Waals surface area contributed by atoms with Crippen molar-refractivity contribution < 1.29 is 27.4 Å². The van der Waals surface area contributed by atoms with Gasteiger partial charge in [-0.05, 0) is 55.6 Å². The van der Waals surface area contributed by atoms with Crippen molar-refractivity contribution in [2.75, 3.05) is 25.1 Å². The minimum Gasteiger partial charge on any atom is -0.360 e. The van der Waals surface area contributed by atoms with Gasteiger partial charge in [-0.1, -0.05) is 31.5 Å². The summed E-state index contributed by atoms with van der Waals surface area (Å²) in [6.07, 6.45) is -0.321. The van der Waals surface area contributed by atoms with Crippen molar-refractivity contribution in [2.24, 2.45) is 0 Å². The minimum atomic E-state index is -4.58. The third kappa shape index (κ3) is 8.04. The molecule has 3 aromatic rings. The summed E-state index contributed by atoms with van der Waals surface area (Å²) in [5.41, 5.74) is 0.764. The van der Waals surface area contributed by atoms with Crippen molar-refractivity contribution in [3.63, 3.8) is 0 Å². The average Bonchev–Trinajstić information content (AvgIpc) is 3.27. The molecule has 1 atom stereocenters. The number of anilines is 2. The molecule has 1 fully saturated rings. The summed E-state index contributed by atoms with van der Waals surface area (Å²) < 4.78 is 58.8. The summed E-state index contributed by atoms with van der Waals surface area (Å²) in [5, 5.41) is 8.22. The number of benzene rings is 1. The lowest BCUT2D eigenvalue weighted by Crippen LogP contribution is -2.22. The highest BCUT2D eigenvalue weighted by molar-refractivity contribution is 6.76. The Kier molecular flexibility index (Phi) is 9.09. The van der Waals surface area contributed by atoms with E-state index in [1.807, 2.05) is 12.1 Å². The first-order valence-corrected chi connectivity index (χ1v) is 16.4. The first-order chi connectivity index (χ1) is 18.1. The monoisotopic (exact) mass is 546 g/mol. The third-order valence-electron chi connectivity index (χ3n) is 6.00. The Labute approximate surface area is 221 Å². The highest BCUT2D eigenvalue weighted by Gasteiger charge is 2.33. The highest BCUT2D eigenvalue weighted by Crippen LogP contribution is 2.31. The Hall–Kier alpha value is -2.91. The summed E-state index contributed by atoms with van der Waals surface area (Å²) in [7, 11) is -1.18. The maximum absolute atomic E-state index is 13.4. The van der Waals surface area contributed by atoms with Gasteiger partial charge in [-0.3, -0.25) is 0 Å². The van der Waals surface area contributed by atoms with Crippen LogP contribution in [0.25, 0.3) is 10.9 Å². The average molecular weight is 547 g/mol. The number of halogens is 3. The van der Waals surface area contributed by atoms with Crippen molar-refractivity contribution in [3.05, 3.63) is 47.8 Å². The zero-order valence-corrected chi connectivity index (χ0v) is 22.9. The van der Waals surface area contributed by atoms with Crippen LogP contribution in [0.2, 0.25) is 25.7 Å². The predicted octanol–water partition coefficient (Wildman–Crippen LogP) is 6.40.